The first-order valence-electron chi connectivity index (χ1n) is 6.27. The van der Waals surface area contributed by atoms with E-state index in [0.29, 0.717) is 0 Å². The molecule has 0 aromatic heterocycles. The number of hydrogen-bond acceptors (Lipinski definition) is 3. The average Bonchev–Trinajstić information content (AvgIpc) is 2.43. The highest BCUT2D eigenvalue weighted by Crippen LogP contribution is 2.39. The minimum atomic E-state index is -0.461. The van der Waals surface area contributed by atoms with Gasteiger partial charge in [0.1, 0.15) is 5.60 Å². The first kappa shape index (κ1) is 12.3. The van der Waals surface area contributed by atoms with Crippen LogP contribution in [0.3, 0.4) is 0 Å². The summed E-state index contributed by atoms with van der Waals surface area (Å²) in [6, 6.07) is 0.260. The number of piperidine rings is 1. The summed E-state index contributed by atoms with van der Waals surface area (Å²) in [4.78, 5) is 13.9. The molecule has 17 heavy (non-hydrogen) atoms. The van der Waals surface area contributed by atoms with Gasteiger partial charge in [0.25, 0.3) is 0 Å². The Morgan fingerprint density at radius 2 is 2.18 bits per heavy atom. The molecule has 4 heteroatoms. The highest BCUT2D eigenvalue weighted by Gasteiger charge is 2.44. The van der Waals surface area contributed by atoms with Gasteiger partial charge < -0.3 is 9.84 Å². The van der Waals surface area contributed by atoms with Crippen molar-refractivity contribution in [2.45, 2.75) is 64.1 Å². The number of hydrogen-bond donors (Lipinski definition) is 1. The number of fused-ring (bicyclic) bond motifs is 2. The Hall–Kier alpha value is -1.19. The van der Waals surface area contributed by atoms with E-state index in [4.69, 9.17) is 4.74 Å². The Bertz CT molecular complexity index is 343. The molecule has 2 bridgehead atoms. The van der Waals surface area contributed by atoms with Crippen LogP contribution in [0.4, 0.5) is 4.79 Å². The molecular weight excluding hydrogens is 218 g/mol. The average molecular weight is 239 g/mol. The second-order valence-electron chi connectivity index (χ2n) is 5.90. The summed E-state index contributed by atoms with van der Waals surface area (Å²) in [5.74, 6) is 0. The zero-order valence-corrected chi connectivity index (χ0v) is 10.8. The van der Waals surface area contributed by atoms with Crippen LogP contribution in [0.2, 0.25) is 0 Å². The van der Waals surface area contributed by atoms with Crippen molar-refractivity contribution in [1.82, 2.24) is 4.90 Å². The van der Waals surface area contributed by atoms with E-state index >= 15 is 0 Å². The molecule has 2 unspecified atom stereocenters. The van der Waals surface area contributed by atoms with Gasteiger partial charge in [0, 0.05) is 6.04 Å². The van der Waals surface area contributed by atoms with Gasteiger partial charge in [0.2, 0.25) is 0 Å². The lowest BCUT2D eigenvalue weighted by atomic mass is 10.0. The summed E-state index contributed by atoms with van der Waals surface area (Å²) in [5, 5.41) is 9.20. The van der Waals surface area contributed by atoms with Crippen molar-refractivity contribution in [3.8, 4) is 0 Å². The maximum Gasteiger partial charge on any atom is 0.411 e. The van der Waals surface area contributed by atoms with Gasteiger partial charge in [-0.15, -0.1) is 0 Å². The molecule has 0 aromatic rings. The lowest BCUT2D eigenvalue weighted by Crippen LogP contribution is -2.46. The second kappa shape index (κ2) is 4.24. The minimum Gasteiger partial charge on any atom is -0.516 e. The Balaban J connectivity index is 2.14. The van der Waals surface area contributed by atoms with Crippen molar-refractivity contribution in [2.75, 3.05) is 0 Å². The SMILES string of the molecule is CC(C)(C)OC(=O)N1C2CCCC1/C(=C/O)C2. The zero-order chi connectivity index (χ0) is 12.6. The fourth-order valence-electron chi connectivity index (χ4n) is 2.78. The third-order valence-corrected chi connectivity index (χ3v) is 3.41. The molecule has 2 fully saturated rings. The number of nitrogens with zero attached hydrogens (tertiary/aromatic N) is 1. The lowest BCUT2D eigenvalue weighted by molar-refractivity contribution is 0.00913. The van der Waals surface area contributed by atoms with Gasteiger partial charge in [0.15, 0.2) is 0 Å². The molecule has 2 heterocycles. The van der Waals surface area contributed by atoms with Crippen molar-refractivity contribution in [2.24, 2.45) is 0 Å². The molecule has 0 radical (unpaired) electrons. The number of ether oxygens (including phenoxy) is 1. The van der Waals surface area contributed by atoms with Crippen LogP contribution in [-0.4, -0.2) is 33.8 Å². The maximum absolute atomic E-state index is 12.1. The van der Waals surface area contributed by atoms with Crippen LogP contribution in [0.5, 0.6) is 0 Å². The second-order valence-corrected chi connectivity index (χ2v) is 5.90. The van der Waals surface area contributed by atoms with E-state index in [1.54, 1.807) is 0 Å². The summed E-state index contributed by atoms with van der Waals surface area (Å²) >= 11 is 0. The zero-order valence-electron chi connectivity index (χ0n) is 10.8. The van der Waals surface area contributed by atoms with Crippen molar-refractivity contribution in [3.05, 3.63) is 11.8 Å². The summed E-state index contributed by atoms with van der Waals surface area (Å²) in [5.41, 5.74) is 0.509. The molecule has 2 aliphatic heterocycles. The van der Waals surface area contributed by atoms with Crippen LogP contribution < -0.4 is 0 Å². The number of carbonyl (C=O) groups is 1. The Morgan fingerprint density at radius 3 is 2.76 bits per heavy atom. The standard InChI is InChI=1S/C13H21NO3/c1-13(2,3)17-12(16)14-10-5-4-6-11(14)9(7-10)8-15/h8,10-11,15H,4-7H2,1-3H3/b9-8+. The summed E-state index contributed by atoms with van der Waals surface area (Å²) in [6.45, 7) is 5.62. The predicted octanol–water partition coefficient (Wildman–Crippen LogP) is 2.99. The number of rotatable bonds is 0. The van der Waals surface area contributed by atoms with E-state index in [-0.39, 0.29) is 18.2 Å². The minimum absolute atomic E-state index is 0.0496. The highest BCUT2D eigenvalue weighted by atomic mass is 16.6. The molecule has 0 aromatic carbocycles. The normalized spacial score (nSPS) is 30.8. The smallest absolute Gasteiger partial charge is 0.411 e. The van der Waals surface area contributed by atoms with E-state index in [2.05, 4.69) is 0 Å². The van der Waals surface area contributed by atoms with E-state index in [1.807, 2.05) is 25.7 Å². The van der Waals surface area contributed by atoms with Crippen LogP contribution in [0.15, 0.2) is 11.8 Å². The van der Waals surface area contributed by atoms with Gasteiger partial charge in [-0.1, -0.05) is 0 Å². The van der Waals surface area contributed by atoms with Crippen LogP contribution in [0.25, 0.3) is 0 Å². The van der Waals surface area contributed by atoms with Crippen molar-refractivity contribution in [1.29, 1.82) is 0 Å². The molecule has 4 nitrogen and oxygen atoms in total. The van der Waals surface area contributed by atoms with Crippen LogP contribution >= 0.6 is 0 Å². The van der Waals surface area contributed by atoms with Crippen LogP contribution in [-0.2, 0) is 4.74 Å². The van der Waals surface area contributed by atoms with Gasteiger partial charge in [-0.25, -0.2) is 4.79 Å². The van der Waals surface area contributed by atoms with Gasteiger partial charge >= 0.3 is 6.09 Å². The first-order valence-corrected chi connectivity index (χ1v) is 6.27. The monoisotopic (exact) mass is 239 g/mol. The van der Waals surface area contributed by atoms with E-state index in [1.165, 1.54) is 6.26 Å². The molecule has 2 rings (SSSR count). The van der Waals surface area contributed by atoms with Crippen molar-refractivity contribution in [3.63, 3.8) is 0 Å². The van der Waals surface area contributed by atoms with Gasteiger partial charge in [-0.05, 0) is 52.0 Å². The quantitative estimate of drug-likeness (QED) is 0.661. The molecular formula is C13H21NO3. The molecule has 2 atom stereocenters. The molecule has 0 aliphatic carbocycles. The fourth-order valence-corrected chi connectivity index (χ4v) is 2.78. The van der Waals surface area contributed by atoms with E-state index in [0.717, 1.165) is 31.3 Å². The number of aliphatic hydroxyl groups excluding tert-OH is 1. The van der Waals surface area contributed by atoms with E-state index < -0.39 is 5.60 Å². The van der Waals surface area contributed by atoms with E-state index in [9.17, 15) is 9.90 Å². The number of amides is 1. The van der Waals surface area contributed by atoms with Gasteiger partial charge in [-0.2, -0.15) is 0 Å². The predicted molar refractivity (Wildman–Crippen MR) is 64.8 cm³/mol. The Kier molecular flexibility index (Phi) is 3.06. The Morgan fingerprint density at radius 1 is 1.47 bits per heavy atom. The molecule has 0 spiro atoms. The highest BCUT2D eigenvalue weighted by molar-refractivity contribution is 5.70. The maximum atomic E-state index is 12.1. The lowest BCUT2D eigenvalue weighted by Gasteiger charge is -2.35. The summed E-state index contributed by atoms with van der Waals surface area (Å²) in [6.07, 6.45) is 4.78. The van der Waals surface area contributed by atoms with Gasteiger partial charge in [0.05, 0.1) is 12.3 Å². The molecule has 96 valence electrons. The fraction of sp³-hybridized carbons (Fsp3) is 0.769. The third kappa shape index (κ3) is 2.40. The topological polar surface area (TPSA) is 49.8 Å². The third-order valence-electron chi connectivity index (χ3n) is 3.41. The van der Waals surface area contributed by atoms with Crippen molar-refractivity contribution < 1.29 is 14.6 Å². The summed E-state index contributed by atoms with van der Waals surface area (Å²) < 4.78 is 5.43. The van der Waals surface area contributed by atoms with Crippen LogP contribution in [0, 0.1) is 0 Å². The molecule has 2 aliphatic rings. The first-order chi connectivity index (χ1) is 7.92. The number of carbonyl (C=O) groups excluding carboxylic acids is 1. The van der Waals surface area contributed by atoms with Crippen LogP contribution in [0.1, 0.15) is 46.5 Å². The van der Waals surface area contributed by atoms with Crippen molar-refractivity contribution >= 4 is 6.09 Å². The number of aliphatic hydroxyl groups is 1. The Labute approximate surface area is 102 Å². The van der Waals surface area contributed by atoms with Gasteiger partial charge in [-0.3, -0.25) is 4.90 Å². The summed E-state index contributed by atoms with van der Waals surface area (Å²) in [7, 11) is 0. The molecule has 2 saturated heterocycles. The molecule has 1 N–H and O–H groups in total. The molecule has 1 amide bonds. The largest absolute Gasteiger partial charge is 0.516 e. The molecule has 0 saturated carbocycles.